The Bertz CT molecular complexity index is 517. The molecule has 0 aliphatic carbocycles. The van der Waals surface area contributed by atoms with Crippen molar-refractivity contribution in [1.29, 1.82) is 0 Å². The lowest BCUT2D eigenvalue weighted by Crippen LogP contribution is -2.32. The van der Waals surface area contributed by atoms with Gasteiger partial charge in [0.25, 0.3) is 0 Å². The summed E-state index contributed by atoms with van der Waals surface area (Å²) >= 11 is 6.16. The van der Waals surface area contributed by atoms with E-state index in [2.05, 4.69) is 5.32 Å². The van der Waals surface area contributed by atoms with Crippen LogP contribution in [0.5, 0.6) is 0 Å². The van der Waals surface area contributed by atoms with Gasteiger partial charge in [-0.2, -0.15) is 0 Å². The number of amides is 2. The van der Waals surface area contributed by atoms with Gasteiger partial charge < -0.3 is 16.0 Å². The van der Waals surface area contributed by atoms with Crippen molar-refractivity contribution >= 4 is 34.8 Å². The normalized spacial score (nSPS) is 16.6. The molecule has 0 aromatic heterocycles. The van der Waals surface area contributed by atoms with E-state index < -0.39 is 6.04 Å². The molecule has 19 heavy (non-hydrogen) atoms. The number of nitrogens with zero attached hydrogens (tertiary/aromatic N) is 1. The van der Waals surface area contributed by atoms with Gasteiger partial charge in [-0.25, -0.2) is 0 Å². The first kappa shape index (κ1) is 13.8. The standard InChI is InChI=1S/C13H16ClN3O2/c1-8(15)13(19)16-9-4-5-11(10(14)7-9)17-6-2-3-12(17)18/h4-5,7-8H,2-3,6,15H2,1H3,(H,16,19)/t8-/m1/s1. The van der Waals surface area contributed by atoms with E-state index in [0.717, 1.165) is 6.42 Å². The van der Waals surface area contributed by atoms with E-state index in [9.17, 15) is 9.59 Å². The van der Waals surface area contributed by atoms with E-state index >= 15 is 0 Å². The predicted octanol–water partition coefficient (Wildman–Crippen LogP) is 1.75. The molecule has 2 rings (SSSR count). The van der Waals surface area contributed by atoms with Crippen LogP contribution < -0.4 is 16.0 Å². The van der Waals surface area contributed by atoms with Gasteiger partial charge in [0.1, 0.15) is 0 Å². The fourth-order valence-corrected chi connectivity index (χ4v) is 2.25. The quantitative estimate of drug-likeness (QED) is 0.886. The van der Waals surface area contributed by atoms with Gasteiger partial charge in [-0.1, -0.05) is 11.6 Å². The topological polar surface area (TPSA) is 75.4 Å². The molecule has 102 valence electrons. The minimum atomic E-state index is -0.585. The van der Waals surface area contributed by atoms with Crippen molar-refractivity contribution in [3.8, 4) is 0 Å². The van der Waals surface area contributed by atoms with Crippen molar-refractivity contribution in [2.24, 2.45) is 5.73 Å². The molecule has 6 heteroatoms. The molecule has 1 aliphatic rings. The fourth-order valence-electron chi connectivity index (χ4n) is 1.96. The third kappa shape index (κ3) is 3.05. The number of nitrogens with one attached hydrogen (secondary N) is 1. The van der Waals surface area contributed by atoms with Gasteiger partial charge in [0, 0.05) is 18.7 Å². The summed E-state index contributed by atoms with van der Waals surface area (Å²) in [6, 6.07) is 4.50. The Morgan fingerprint density at radius 1 is 1.53 bits per heavy atom. The summed E-state index contributed by atoms with van der Waals surface area (Å²) in [5, 5.41) is 3.10. The third-order valence-electron chi connectivity index (χ3n) is 2.99. The van der Waals surface area contributed by atoms with Gasteiger partial charge in [0.05, 0.1) is 16.8 Å². The Labute approximate surface area is 116 Å². The van der Waals surface area contributed by atoms with Crippen LogP contribution in [0.2, 0.25) is 5.02 Å². The van der Waals surface area contributed by atoms with Crippen LogP contribution in [-0.4, -0.2) is 24.4 Å². The van der Waals surface area contributed by atoms with Crippen LogP contribution in [0.25, 0.3) is 0 Å². The van der Waals surface area contributed by atoms with Gasteiger partial charge in [-0.05, 0) is 31.5 Å². The van der Waals surface area contributed by atoms with Crippen molar-refractivity contribution in [2.45, 2.75) is 25.8 Å². The summed E-state index contributed by atoms with van der Waals surface area (Å²) in [4.78, 5) is 24.8. The molecular weight excluding hydrogens is 266 g/mol. The molecule has 1 atom stereocenters. The molecule has 0 saturated carbocycles. The molecule has 1 fully saturated rings. The highest BCUT2D eigenvalue weighted by Gasteiger charge is 2.23. The number of benzene rings is 1. The molecule has 1 heterocycles. The third-order valence-corrected chi connectivity index (χ3v) is 3.30. The van der Waals surface area contributed by atoms with E-state index in [0.29, 0.717) is 29.4 Å². The zero-order valence-electron chi connectivity index (χ0n) is 10.6. The van der Waals surface area contributed by atoms with E-state index in [1.807, 2.05) is 0 Å². The highest BCUT2D eigenvalue weighted by atomic mass is 35.5. The minimum absolute atomic E-state index is 0.0780. The first-order chi connectivity index (χ1) is 8.99. The van der Waals surface area contributed by atoms with Crippen molar-refractivity contribution in [3.05, 3.63) is 23.2 Å². The van der Waals surface area contributed by atoms with Crippen LogP contribution in [0.1, 0.15) is 19.8 Å². The van der Waals surface area contributed by atoms with Gasteiger partial charge >= 0.3 is 0 Å². The first-order valence-corrected chi connectivity index (χ1v) is 6.53. The maximum Gasteiger partial charge on any atom is 0.240 e. The number of hydrogen-bond acceptors (Lipinski definition) is 3. The highest BCUT2D eigenvalue weighted by Crippen LogP contribution is 2.31. The van der Waals surface area contributed by atoms with Crippen molar-refractivity contribution in [3.63, 3.8) is 0 Å². The Kier molecular flexibility index (Phi) is 4.07. The lowest BCUT2D eigenvalue weighted by molar-refractivity contribution is -0.117. The molecule has 1 aromatic rings. The Balaban J connectivity index is 2.17. The SMILES string of the molecule is C[C@@H](N)C(=O)Nc1ccc(N2CCCC2=O)c(Cl)c1. The first-order valence-electron chi connectivity index (χ1n) is 6.15. The lowest BCUT2D eigenvalue weighted by Gasteiger charge is -2.18. The number of rotatable bonds is 3. The highest BCUT2D eigenvalue weighted by molar-refractivity contribution is 6.34. The summed E-state index contributed by atoms with van der Waals surface area (Å²) in [7, 11) is 0. The van der Waals surface area contributed by atoms with E-state index in [4.69, 9.17) is 17.3 Å². The summed E-state index contributed by atoms with van der Waals surface area (Å²) in [5.41, 5.74) is 6.73. The summed E-state index contributed by atoms with van der Waals surface area (Å²) in [5.74, 6) is -0.199. The zero-order valence-corrected chi connectivity index (χ0v) is 11.4. The average molecular weight is 282 g/mol. The Hall–Kier alpha value is -1.59. The summed E-state index contributed by atoms with van der Waals surface area (Å²) in [6.07, 6.45) is 1.40. The number of carbonyl (C=O) groups excluding carboxylic acids is 2. The molecule has 0 bridgehead atoms. The van der Waals surface area contributed by atoms with E-state index in [1.165, 1.54) is 0 Å². The van der Waals surface area contributed by atoms with Crippen LogP contribution in [0, 0.1) is 0 Å². The largest absolute Gasteiger partial charge is 0.325 e. The number of anilines is 2. The number of carbonyl (C=O) groups is 2. The average Bonchev–Trinajstić information content (AvgIpc) is 2.75. The number of hydrogen-bond donors (Lipinski definition) is 2. The predicted molar refractivity (Wildman–Crippen MR) is 75.3 cm³/mol. The fraction of sp³-hybridized carbons (Fsp3) is 0.385. The summed E-state index contributed by atoms with van der Waals surface area (Å²) < 4.78 is 0. The zero-order chi connectivity index (χ0) is 14.0. The van der Waals surface area contributed by atoms with Crippen LogP contribution in [0.15, 0.2) is 18.2 Å². The van der Waals surface area contributed by atoms with Crippen LogP contribution in [0.3, 0.4) is 0 Å². The van der Waals surface area contributed by atoms with Crippen LogP contribution in [-0.2, 0) is 9.59 Å². The minimum Gasteiger partial charge on any atom is -0.325 e. The molecule has 2 amide bonds. The van der Waals surface area contributed by atoms with E-state index in [-0.39, 0.29) is 11.8 Å². The van der Waals surface area contributed by atoms with Crippen molar-refractivity contribution in [2.75, 3.05) is 16.8 Å². The molecule has 1 aromatic carbocycles. The second kappa shape index (κ2) is 5.59. The van der Waals surface area contributed by atoms with Crippen molar-refractivity contribution in [1.82, 2.24) is 0 Å². The van der Waals surface area contributed by atoms with Gasteiger partial charge in [0.2, 0.25) is 11.8 Å². The van der Waals surface area contributed by atoms with Crippen LogP contribution in [0.4, 0.5) is 11.4 Å². The molecule has 0 spiro atoms. The Morgan fingerprint density at radius 2 is 2.26 bits per heavy atom. The molecule has 0 radical (unpaired) electrons. The second-order valence-electron chi connectivity index (χ2n) is 4.59. The Morgan fingerprint density at radius 3 is 2.79 bits per heavy atom. The molecule has 1 saturated heterocycles. The van der Waals surface area contributed by atoms with Gasteiger partial charge in [-0.3, -0.25) is 9.59 Å². The van der Waals surface area contributed by atoms with Gasteiger partial charge in [-0.15, -0.1) is 0 Å². The molecule has 1 aliphatic heterocycles. The number of halogens is 1. The lowest BCUT2D eigenvalue weighted by atomic mass is 10.2. The molecule has 0 unspecified atom stereocenters. The second-order valence-corrected chi connectivity index (χ2v) is 5.00. The summed E-state index contributed by atoms with van der Waals surface area (Å²) in [6.45, 7) is 2.29. The maximum atomic E-state index is 11.7. The maximum absolute atomic E-state index is 11.7. The number of nitrogens with two attached hydrogens (primary N) is 1. The smallest absolute Gasteiger partial charge is 0.240 e. The molecular formula is C13H16ClN3O2. The molecule has 3 N–H and O–H groups in total. The molecule has 5 nitrogen and oxygen atoms in total. The van der Waals surface area contributed by atoms with Gasteiger partial charge in [0.15, 0.2) is 0 Å². The van der Waals surface area contributed by atoms with Crippen molar-refractivity contribution < 1.29 is 9.59 Å². The monoisotopic (exact) mass is 281 g/mol. The van der Waals surface area contributed by atoms with E-state index in [1.54, 1.807) is 30.0 Å². The van der Waals surface area contributed by atoms with Crippen LogP contribution >= 0.6 is 11.6 Å².